The molecule has 22 heavy (non-hydrogen) atoms. The van der Waals surface area contributed by atoms with E-state index >= 15 is 0 Å². The zero-order valence-electron chi connectivity index (χ0n) is 12.8. The number of aryl methyl sites for hydroxylation is 1. The smallest absolute Gasteiger partial charge is 0.156 e. The second-order valence-electron chi connectivity index (χ2n) is 5.21. The van der Waals surface area contributed by atoms with Crippen LogP contribution in [0.4, 0.5) is 5.82 Å². The summed E-state index contributed by atoms with van der Waals surface area (Å²) in [6, 6.07) is 8.27. The molecule has 0 aliphatic heterocycles. The van der Waals surface area contributed by atoms with Crippen LogP contribution in [-0.4, -0.2) is 33.8 Å². The van der Waals surface area contributed by atoms with E-state index in [2.05, 4.69) is 43.7 Å². The monoisotopic (exact) mass is 297 g/mol. The van der Waals surface area contributed by atoms with Crippen LogP contribution in [0.15, 0.2) is 30.5 Å². The number of nitrogens with one attached hydrogen (secondary N) is 2. The maximum atomic E-state index is 5.08. The fraction of sp³-hybridized carbons (Fsp3) is 0.312. The number of nitrogens with zero attached hydrogens (tertiary/aromatic N) is 3. The second kappa shape index (κ2) is 6.53. The molecule has 2 N–H and O–H groups in total. The van der Waals surface area contributed by atoms with Crippen LogP contribution in [0.25, 0.3) is 10.9 Å². The van der Waals surface area contributed by atoms with Crippen molar-refractivity contribution in [3.05, 3.63) is 47.5 Å². The van der Waals surface area contributed by atoms with Crippen molar-refractivity contribution >= 4 is 16.7 Å². The van der Waals surface area contributed by atoms with Gasteiger partial charge in [-0.15, -0.1) is 0 Å². The fourth-order valence-corrected chi connectivity index (χ4v) is 2.40. The summed E-state index contributed by atoms with van der Waals surface area (Å²) < 4.78 is 5.08. The molecule has 6 nitrogen and oxygen atoms in total. The predicted molar refractivity (Wildman–Crippen MR) is 85.8 cm³/mol. The van der Waals surface area contributed by atoms with E-state index in [1.54, 1.807) is 7.11 Å². The maximum Gasteiger partial charge on any atom is 0.156 e. The topological polar surface area (TPSA) is 75.7 Å². The van der Waals surface area contributed by atoms with Crippen molar-refractivity contribution in [3.63, 3.8) is 0 Å². The van der Waals surface area contributed by atoms with Gasteiger partial charge in [-0.1, -0.05) is 6.07 Å². The van der Waals surface area contributed by atoms with Crippen molar-refractivity contribution in [1.82, 2.24) is 20.2 Å². The van der Waals surface area contributed by atoms with Gasteiger partial charge in [0.25, 0.3) is 0 Å². The average Bonchev–Trinajstić information content (AvgIpc) is 2.94. The highest BCUT2D eigenvalue weighted by molar-refractivity contribution is 5.78. The molecule has 0 radical (unpaired) electrons. The summed E-state index contributed by atoms with van der Waals surface area (Å²) in [6.07, 6.45) is 2.76. The Kier molecular flexibility index (Phi) is 4.29. The number of ether oxygens (including phenoxy) is 1. The quantitative estimate of drug-likeness (QED) is 0.731. The molecule has 1 aromatic carbocycles. The van der Waals surface area contributed by atoms with E-state index in [0.717, 1.165) is 35.4 Å². The lowest BCUT2D eigenvalue weighted by atomic mass is 10.1. The van der Waals surface area contributed by atoms with E-state index < -0.39 is 0 Å². The molecular weight excluding hydrogens is 278 g/mol. The standard InChI is InChI=1S/C16H19N5O/c1-11-7-15(20-16(19-11)10-22-2)17-6-5-12-3-4-14-13(8-12)9-18-21-14/h3-4,7-9H,5-6,10H2,1-2H3,(H,18,21)(H,17,19,20). The Balaban J connectivity index is 1.62. The zero-order chi connectivity index (χ0) is 15.4. The minimum atomic E-state index is 0.424. The Bertz CT molecular complexity index is 768. The molecule has 0 aliphatic rings. The lowest BCUT2D eigenvalue weighted by Crippen LogP contribution is -2.09. The minimum Gasteiger partial charge on any atom is -0.377 e. The van der Waals surface area contributed by atoms with Crippen molar-refractivity contribution in [3.8, 4) is 0 Å². The van der Waals surface area contributed by atoms with E-state index in [1.165, 1.54) is 5.56 Å². The van der Waals surface area contributed by atoms with Gasteiger partial charge in [-0.2, -0.15) is 5.10 Å². The van der Waals surface area contributed by atoms with Gasteiger partial charge in [-0.05, 0) is 31.0 Å². The van der Waals surface area contributed by atoms with Crippen molar-refractivity contribution in [2.24, 2.45) is 0 Å². The SMILES string of the molecule is COCc1nc(C)cc(NCCc2ccc3[nH]ncc3c2)n1. The molecule has 2 aromatic heterocycles. The van der Waals surface area contributed by atoms with Crippen molar-refractivity contribution < 1.29 is 4.74 Å². The van der Waals surface area contributed by atoms with E-state index in [1.807, 2.05) is 19.2 Å². The third-order valence-electron chi connectivity index (χ3n) is 3.40. The van der Waals surface area contributed by atoms with Crippen LogP contribution in [0.1, 0.15) is 17.1 Å². The minimum absolute atomic E-state index is 0.424. The maximum absolute atomic E-state index is 5.08. The van der Waals surface area contributed by atoms with Gasteiger partial charge in [-0.25, -0.2) is 9.97 Å². The number of hydrogen-bond donors (Lipinski definition) is 2. The summed E-state index contributed by atoms with van der Waals surface area (Å²) in [5.74, 6) is 1.54. The number of methoxy groups -OCH3 is 1. The second-order valence-corrected chi connectivity index (χ2v) is 5.21. The van der Waals surface area contributed by atoms with Gasteiger partial charge in [-0.3, -0.25) is 5.10 Å². The van der Waals surface area contributed by atoms with E-state index in [0.29, 0.717) is 12.4 Å². The first-order chi connectivity index (χ1) is 10.7. The first-order valence-corrected chi connectivity index (χ1v) is 7.24. The average molecular weight is 297 g/mol. The molecule has 3 aromatic rings. The van der Waals surface area contributed by atoms with Gasteiger partial charge in [0.15, 0.2) is 5.82 Å². The Morgan fingerprint density at radius 2 is 2.14 bits per heavy atom. The van der Waals surface area contributed by atoms with Gasteiger partial charge < -0.3 is 10.1 Å². The summed E-state index contributed by atoms with van der Waals surface area (Å²) >= 11 is 0. The molecule has 0 spiro atoms. The summed E-state index contributed by atoms with van der Waals surface area (Å²) in [5.41, 5.74) is 3.26. The third-order valence-corrected chi connectivity index (χ3v) is 3.40. The first kappa shape index (κ1) is 14.5. The highest BCUT2D eigenvalue weighted by atomic mass is 16.5. The lowest BCUT2D eigenvalue weighted by molar-refractivity contribution is 0.177. The van der Waals surface area contributed by atoms with Crippen LogP contribution >= 0.6 is 0 Å². The van der Waals surface area contributed by atoms with Crippen molar-refractivity contribution in [2.75, 3.05) is 19.0 Å². The summed E-state index contributed by atoms with van der Waals surface area (Å²) in [4.78, 5) is 8.77. The molecule has 2 heterocycles. The zero-order valence-corrected chi connectivity index (χ0v) is 12.8. The Morgan fingerprint density at radius 1 is 1.23 bits per heavy atom. The number of fused-ring (bicyclic) bond motifs is 1. The molecule has 3 rings (SSSR count). The number of H-pyrrole nitrogens is 1. The van der Waals surface area contributed by atoms with Crippen molar-refractivity contribution in [1.29, 1.82) is 0 Å². The van der Waals surface area contributed by atoms with Crippen LogP contribution in [0.2, 0.25) is 0 Å². The molecule has 114 valence electrons. The molecule has 6 heteroatoms. The molecule has 0 aliphatic carbocycles. The van der Waals surface area contributed by atoms with Crippen LogP contribution < -0.4 is 5.32 Å². The van der Waals surface area contributed by atoms with Gasteiger partial charge in [0.2, 0.25) is 0 Å². The summed E-state index contributed by atoms with van der Waals surface area (Å²) in [6.45, 7) is 3.19. The van der Waals surface area contributed by atoms with E-state index in [4.69, 9.17) is 4.74 Å². The van der Waals surface area contributed by atoms with Gasteiger partial charge in [0, 0.05) is 30.8 Å². The number of aromatic amines is 1. The molecule has 0 fully saturated rings. The highest BCUT2D eigenvalue weighted by Gasteiger charge is 2.03. The lowest BCUT2D eigenvalue weighted by Gasteiger charge is -2.08. The molecular formula is C16H19N5O. The number of anilines is 1. The first-order valence-electron chi connectivity index (χ1n) is 7.24. The van der Waals surface area contributed by atoms with Gasteiger partial charge >= 0.3 is 0 Å². The van der Waals surface area contributed by atoms with Crippen LogP contribution in [-0.2, 0) is 17.8 Å². The van der Waals surface area contributed by atoms with Crippen LogP contribution in [0.3, 0.4) is 0 Å². The molecule has 0 bridgehead atoms. The number of aromatic nitrogens is 4. The molecule has 0 amide bonds. The summed E-state index contributed by atoms with van der Waals surface area (Å²) in [5, 5.41) is 11.5. The Morgan fingerprint density at radius 3 is 3.00 bits per heavy atom. The van der Waals surface area contributed by atoms with E-state index in [9.17, 15) is 0 Å². The molecule has 0 saturated heterocycles. The Labute approximate surface area is 128 Å². The Hall–Kier alpha value is -2.47. The number of benzene rings is 1. The molecule has 0 unspecified atom stereocenters. The normalized spacial score (nSPS) is 11.0. The largest absolute Gasteiger partial charge is 0.377 e. The molecule has 0 saturated carbocycles. The summed E-state index contributed by atoms with van der Waals surface area (Å²) in [7, 11) is 1.64. The highest BCUT2D eigenvalue weighted by Crippen LogP contribution is 2.13. The molecule has 0 atom stereocenters. The third kappa shape index (κ3) is 3.40. The van der Waals surface area contributed by atoms with Crippen LogP contribution in [0, 0.1) is 6.92 Å². The van der Waals surface area contributed by atoms with Crippen molar-refractivity contribution in [2.45, 2.75) is 20.0 Å². The van der Waals surface area contributed by atoms with E-state index in [-0.39, 0.29) is 0 Å². The fourth-order valence-electron chi connectivity index (χ4n) is 2.40. The number of rotatable bonds is 6. The van der Waals surface area contributed by atoms with Gasteiger partial charge in [0.1, 0.15) is 12.4 Å². The van der Waals surface area contributed by atoms with Gasteiger partial charge in [0.05, 0.1) is 11.7 Å². The predicted octanol–water partition coefficient (Wildman–Crippen LogP) is 2.46. The van der Waals surface area contributed by atoms with Crippen LogP contribution in [0.5, 0.6) is 0 Å². The number of hydrogen-bond acceptors (Lipinski definition) is 5.